The Morgan fingerprint density at radius 2 is 2.44 bits per heavy atom. The van der Waals surface area contributed by atoms with Gasteiger partial charge >= 0.3 is 5.97 Å². The van der Waals surface area contributed by atoms with Crippen LogP contribution in [0.25, 0.3) is 0 Å². The van der Waals surface area contributed by atoms with Gasteiger partial charge in [-0.05, 0) is 12.5 Å². The quantitative estimate of drug-likeness (QED) is 0.835. The molecule has 0 amide bonds. The average molecular weight is 223 g/mol. The molecule has 1 aromatic rings. The Morgan fingerprint density at radius 1 is 1.62 bits per heavy atom. The van der Waals surface area contributed by atoms with E-state index in [2.05, 4.69) is 4.98 Å². The predicted molar refractivity (Wildman–Crippen MR) is 55.2 cm³/mol. The molecule has 0 aromatic carbocycles. The van der Waals surface area contributed by atoms with Gasteiger partial charge in [-0.2, -0.15) is 0 Å². The largest absolute Gasteiger partial charge is 0.481 e. The van der Waals surface area contributed by atoms with Gasteiger partial charge < -0.3 is 14.6 Å². The van der Waals surface area contributed by atoms with Gasteiger partial charge in [0.15, 0.2) is 0 Å². The minimum atomic E-state index is -0.821. The molecule has 0 aliphatic carbocycles. The van der Waals surface area contributed by atoms with E-state index in [-0.39, 0.29) is 0 Å². The van der Waals surface area contributed by atoms with Crippen molar-refractivity contribution in [3.8, 4) is 5.88 Å². The van der Waals surface area contributed by atoms with Gasteiger partial charge in [-0.3, -0.25) is 4.79 Å². The van der Waals surface area contributed by atoms with Crippen LogP contribution >= 0.6 is 0 Å². The number of carboxylic acid groups (broad SMARTS) is 1. The highest BCUT2D eigenvalue weighted by Gasteiger charge is 2.35. The molecule has 0 radical (unpaired) electrons. The summed E-state index contributed by atoms with van der Waals surface area (Å²) < 4.78 is 10.4. The number of carbonyl (C=O) groups is 1. The van der Waals surface area contributed by atoms with Crippen LogP contribution in [0.5, 0.6) is 5.88 Å². The lowest BCUT2D eigenvalue weighted by molar-refractivity contribution is -0.143. The SMILES string of the molecule is COc1ccc(C2OCCC2C(=O)O)cn1. The summed E-state index contributed by atoms with van der Waals surface area (Å²) in [5.74, 6) is -0.790. The van der Waals surface area contributed by atoms with E-state index in [0.29, 0.717) is 18.9 Å². The molecule has 1 saturated heterocycles. The van der Waals surface area contributed by atoms with Gasteiger partial charge in [0, 0.05) is 24.4 Å². The Labute approximate surface area is 93.0 Å². The van der Waals surface area contributed by atoms with Gasteiger partial charge in [0.05, 0.1) is 19.1 Å². The van der Waals surface area contributed by atoms with Crippen molar-refractivity contribution in [2.75, 3.05) is 13.7 Å². The lowest BCUT2D eigenvalue weighted by Crippen LogP contribution is -2.17. The smallest absolute Gasteiger partial charge is 0.309 e. The third-order valence-corrected chi connectivity index (χ3v) is 2.71. The lowest BCUT2D eigenvalue weighted by Gasteiger charge is -2.14. The second kappa shape index (κ2) is 4.49. The summed E-state index contributed by atoms with van der Waals surface area (Å²) in [4.78, 5) is 15.0. The summed E-state index contributed by atoms with van der Waals surface area (Å²) in [7, 11) is 1.54. The van der Waals surface area contributed by atoms with Crippen LogP contribution < -0.4 is 4.74 Å². The summed E-state index contributed by atoms with van der Waals surface area (Å²) in [5.41, 5.74) is 0.783. The first-order valence-corrected chi connectivity index (χ1v) is 5.06. The molecule has 1 aromatic heterocycles. The number of carboxylic acids is 1. The fourth-order valence-corrected chi connectivity index (χ4v) is 1.85. The van der Waals surface area contributed by atoms with Gasteiger partial charge in [0.1, 0.15) is 0 Å². The number of aromatic nitrogens is 1. The second-order valence-electron chi connectivity index (χ2n) is 3.66. The number of aliphatic carboxylic acids is 1. The molecule has 86 valence electrons. The molecule has 1 fully saturated rings. The van der Waals surface area contributed by atoms with Crippen molar-refractivity contribution in [3.63, 3.8) is 0 Å². The Kier molecular flexibility index (Phi) is 3.05. The number of rotatable bonds is 3. The van der Waals surface area contributed by atoms with Crippen molar-refractivity contribution in [1.29, 1.82) is 0 Å². The van der Waals surface area contributed by atoms with E-state index in [1.807, 2.05) is 0 Å². The fourth-order valence-electron chi connectivity index (χ4n) is 1.85. The van der Waals surface area contributed by atoms with E-state index in [0.717, 1.165) is 5.56 Å². The third kappa shape index (κ3) is 1.99. The zero-order valence-electron chi connectivity index (χ0n) is 8.92. The van der Waals surface area contributed by atoms with Crippen molar-refractivity contribution in [2.45, 2.75) is 12.5 Å². The van der Waals surface area contributed by atoms with Gasteiger partial charge in [-0.15, -0.1) is 0 Å². The summed E-state index contributed by atoms with van der Waals surface area (Å²) in [6.07, 6.45) is 1.76. The molecule has 0 bridgehead atoms. The molecule has 2 unspecified atom stereocenters. The Morgan fingerprint density at radius 3 is 3.00 bits per heavy atom. The zero-order chi connectivity index (χ0) is 11.5. The molecule has 2 rings (SSSR count). The van der Waals surface area contributed by atoms with Gasteiger partial charge in [-0.25, -0.2) is 4.98 Å². The van der Waals surface area contributed by atoms with Crippen LogP contribution in [0, 0.1) is 5.92 Å². The van der Waals surface area contributed by atoms with Gasteiger partial charge in [-0.1, -0.05) is 0 Å². The lowest BCUT2D eigenvalue weighted by atomic mass is 9.97. The van der Waals surface area contributed by atoms with Crippen LogP contribution in [0.1, 0.15) is 18.1 Å². The second-order valence-corrected chi connectivity index (χ2v) is 3.66. The maximum absolute atomic E-state index is 11.0. The van der Waals surface area contributed by atoms with Crippen molar-refractivity contribution < 1.29 is 19.4 Å². The Hall–Kier alpha value is -1.62. The summed E-state index contributed by atoms with van der Waals surface area (Å²) >= 11 is 0. The number of nitrogens with zero attached hydrogens (tertiary/aromatic N) is 1. The minimum Gasteiger partial charge on any atom is -0.481 e. The topological polar surface area (TPSA) is 68.7 Å². The molecular formula is C11H13NO4. The van der Waals surface area contributed by atoms with E-state index in [4.69, 9.17) is 14.6 Å². The van der Waals surface area contributed by atoms with Crippen LogP contribution in [0.15, 0.2) is 18.3 Å². The Bertz CT molecular complexity index is 376. The van der Waals surface area contributed by atoms with E-state index in [1.165, 1.54) is 7.11 Å². The number of hydrogen-bond acceptors (Lipinski definition) is 4. The molecule has 0 spiro atoms. The first kappa shape index (κ1) is 10.9. The van der Waals surface area contributed by atoms with Crippen molar-refractivity contribution >= 4 is 5.97 Å². The van der Waals surface area contributed by atoms with Crippen LogP contribution in [0.2, 0.25) is 0 Å². The van der Waals surface area contributed by atoms with E-state index in [1.54, 1.807) is 18.3 Å². The molecule has 2 atom stereocenters. The third-order valence-electron chi connectivity index (χ3n) is 2.71. The summed E-state index contributed by atoms with van der Waals surface area (Å²) in [5, 5.41) is 9.02. The van der Waals surface area contributed by atoms with E-state index >= 15 is 0 Å². The van der Waals surface area contributed by atoms with Crippen LogP contribution in [-0.2, 0) is 9.53 Å². The van der Waals surface area contributed by atoms with Gasteiger partial charge in [0.2, 0.25) is 5.88 Å². The monoisotopic (exact) mass is 223 g/mol. The average Bonchev–Trinajstić information content (AvgIpc) is 2.78. The molecule has 5 nitrogen and oxygen atoms in total. The van der Waals surface area contributed by atoms with E-state index < -0.39 is 18.0 Å². The van der Waals surface area contributed by atoms with Crippen molar-refractivity contribution in [1.82, 2.24) is 4.98 Å². The highest BCUT2D eigenvalue weighted by atomic mass is 16.5. The van der Waals surface area contributed by atoms with E-state index in [9.17, 15) is 4.79 Å². The molecule has 2 heterocycles. The fraction of sp³-hybridized carbons (Fsp3) is 0.455. The molecular weight excluding hydrogens is 210 g/mol. The molecule has 16 heavy (non-hydrogen) atoms. The Balaban J connectivity index is 2.19. The standard InChI is InChI=1S/C11H13NO4/c1-15-9-3-2-7(6-12-9)10-8(11(13)14)4-5-16-10/h2-3,6,8,10H,4-5H2,1H3,(H,13,14). The molecule has 5 heteroatoms. The highest BCUT2D eigenvalue weighted by molar-refractivity contribution is 5.71. The first-order chi connectivity index (χ1) is 7.72. The zero-order valence-corrected chi connectivity index (χ0v) is 8.92. The summed E-state index contributed by atoms with van der Waals surface area (Å²) in [6.45, 7) is 0.480. The molecule has 0 saturated carbocycles. The number of ether oxygens (including phenoxy) is 2. The van der Waals surface area contributed by atoms with Crippen molar-refractivity contribution in [3.05, 3.63) is 23.9 Å². The number of pyridine rings is 1. The normalized spacial score (nSPS) is 24.3. The van der Waals surface area contributed by atoms with Crippen molar-refractivity contribution in [2.24, 2.45) is 5.92 Å². The van der Waals surface area contributed by atoms with Crippen LogP contribution in [0.4, 0.5) is 0 Å². The number of hydrogen-bond donors (Lipinski definition) is 1. The van der Waals surface area contributed by atoms with Crippen LogP contribution in [-0.4, -0.2) is 29.8 Å². The highest BCUT2D eigenvalue weighted by Crippen LogP contribution is 2.34. The molecule has 1 N–H and O–H groups in total. The van der Waals surface area contributed by atoms with Crippen LogP contribution in [0.3, 0.4) is 0 Å². The first-order valence-electron chi connectivity index (χ1n) is 5.06. The maximum atomic E-state index is 11.0. The minimum absolute atomic E-state index is 0.393. The van der Waals surface area contributed by atoms with Gasteiger partial charge in [0.25, 0.3) is 0 Å². The molecule has 1 aliphatic rings. The summed E-state index contributed by atoms with van der Waals surface area (Å²) in [6, 6.07) is 3.49. The predicted octanol–water partition coefficient (Wildman–Crippen LogP) is 1.25. The maximum Gasteiger partial charge on any atom is 0.309 e. The molecule has 1 aliphatic heterocycles. The number of methoxy groups -OCH3 is 1.